The third kappa shape index (κ3) is 4.65. The van der Waals surface area contributed by atoms with E-state index in [2.05, 4.69) is 5.32 Å². The normalized spacial score (nSPS) is 20.7. The summed E-state index contributed by atoms with van der Waals surface area (Å²) in [6.45, 7) is 16.4. The highest BCUT2D eigenvalue weighted by atomic mass is 16.7. The van der Waals surface area contributed by atoms with Crippen LogP contribution >= 0.6 is 0 Å². The molecule has 3 rings (SSSR count). The molecule has 7 nitrogen and oxygen atoms in total. The van der Waals surface area contributed by atoms with E-state index in [-0.39, 0.29) is 18.0 Å². The Morgan fingerprint density at radius 1 is 1.13 bits per heavy atom. The molecule has 0 unspecified atom stereocenters. The maximum absolute atomic E-state index is 12.8. The fraction of sp³-hybridized carbons (Fsp3) is 0.636. The first-order valence-corrected chi connectivity index (χ1v) is 10.4. The van der Waals surface area contributed by atoms with Crippen LogP contribution in [0.15, 0.2) is 18.2 Å². The summed E-state index contributed by atoms with van der Waals surface area (Å²) < 4.78 is 17.6. The van der Waals surface area contributed by atoms with Crippen LogP contribution in [0.5, 0.6) is 0 Å². The first kappa shape index (κ1) is 22.6. The number of rotatable bonds is 3. The summed E-state index contributed by atoms with van der Waals surface area (Å²) >= 11 is 0. The lowest BCUT2D eigenvalue weighted by Crippen LogP contribution is -2.61. The minimum Gasteiger partial charge on any atom is -0.444 e. The van der Waals surface area contributed by atoms with Gasteiger partial charge in [0.1, 0.15) is 5.60 Å². The third-order valence-electron chi connectivity index (χ3n) is 5.92. The van der Waals surface area contributed by atoms with Crippen molar-refractivity contribution in [3.63, 3.8) is 0 Å². The number of benzene rings is 1. The Labute approximate surface area is 179 Å². The summed E-state index contributed by atoms with van der Waals surface area (Å²) in [7, 11) is -0.519. The van der Waals surface area contributed by atoms with Crippen LogP contribution in [-0.2, 0) is 14.0 Å². The van der Waals surface area contributed by atoms with Crippen LogP contribution in [-0.4, -0.2) is 60.0 Å². The van der Waals surface area contributed by atoms with Crippen molar-refractivity contribution in [3.8, 4) is 0 Å². The van der Waals surface area contributed by atoms with Gasteiger partial charge in [0.2, 0.25) is 0 Å². The SMILES string of the molecule is Cc1ccc(C(=O)NC2CN(C(=O)OC(C)(C)C)C2)cc1B1OC(C)(C)C(C)(C)O1. The molecule has 0 bridgehead atoms. The van der Waals surface area contributed by atoms with Crippen molar-refractivity contribution < 1.29 is 23.6 Å². The van der Waals surface area contributed by atoms with Crippen molar-refractivity contribution in [1.82, 2.24) is 10.2 Å². The predicted molar refractivity (Wildman–Crippen MR) is 116 cm³/mol. The maximum Gasteiger partial charge on any atom is 0.495 e. The zero-order chi connectivity index (χ0) is 22.5. The van der Waals surface area contributed by atoms with E-state index < -0.39 is 23.9 Å². The molecule has 1 N–H and O–H groups in total. The van der Waals surface area contributed by atoms with E-state index in [0.717, 1.165) is 11.0 Å². The predicted octanol–water partition coefficient (Wildman–Crippen LogP) is 2.64. The van der Waals surface area contributed by atoms with E-state index in [0.29, 0.717) is 18.7 Å². The second-order valence-corrected chi connectivity index (χ2v) is 10.2. The number of likely N-dealkylation sites (tertiary alicyclic amines) is 1. The molecule has 8 heteroatoms. The molecule has 1 aromatic rings. The number of aryl methyl sites for hydroxylation is 1. The quantitative estimate of drug-likeness (QED) is 0.767. The van der Waals surface area contributed by atoms with Crippen LogP contribution in [0.25, 0.3) is 0 Å². The summed E-state index contributed by atoms with van der Waals surface area (Å²) in [6.07, 6.45) is -0.355. The van der Waals surface area contributed by atoms with Gasteiger partial charge in [-0.15, -0.1) is 0 Å². The maximum atomic E-state index is 12.8. The Morgan fingerprint density at radius 2 is 1.70 bits per heavy atom. The topological polar surface area (TPSA) is 77.1 Å². The molecule has 2 heterocycles. The molecule has 2 aliphatic heterocycles. The van der Waals surface area contributed by atoms with Gasteiger partial charge in [0, 0.05) is 18.7 Å². The van der Waals surface area contributed by atoms with Gasteiger partial charge in [-0.2, -0.15) is 0 Å². The van der Waals surface area contributed by atoms with Crippen LogP contribution < -0.4 is 10.8 Å². The minimum absolute atomic E-state index is 0.0911. The highest BCUT2D eigenvalue weighted by Crippen LogP contribution is 2.36. The van der Waals surface area contributed by atoms with Gasteiger partial charge in [-0.3, -0.25) is 4.79 Å². The second-order valence-electron chi connectivity index (χ2n) is 10.2. The van der Waals surface area contributed by atoms with E-state index in [4.69, 9.17) is 14.0 Å². The zero-order valence-corrected chi connectivity index (χ0v) is 19.3. The molecular weight excluding hydrogens is 383 g/mol. The van der Waals surface area contributed by atoms with E-state index in [1.165, 1.54) is 0 Å². The first-order chi connectivity index (χ1) is 13.7. The van der Waals surface area contributed by atoms with Gasteiger partial charge in [0.15, 0.2) is 0 Å². The lowest BCUT2D eigenvalue weighted by molar-refractivity contribution is 0.00533. The van der Waals surface area contributed by atoms with Crippen LogP contribution in [0.4, 0.5) is 4.79 Å². The van der Waals surface area contributed by atoms with Gasteiger partial charge in [0.05, 0.1) is 17.2 Å². The number of hydrogen-bond acceptors (Lipinski definition) is 5. The smallest absolute Gasteiger partial charge is 0.444 e. The number of hydrogen-bond donors (Lipinski definition) is 1. The van der Waals surface area contributed by atoms with Crippen molar-refractivity contribution in [2.75, 3.05) is 13.1 Å². The van der Waals surface area contributed by atoms with Crippen LogP contribution in [0.3, 0.4) is 0 Å². The fourth-order valence-corrected chi connectivity index (χ4v) is 3.32. The molecule has 2 saturated heterocycles. The van der Waals surface area contributed by atoms with E-state index in [1.54, 1.807) is 11.0 Å². The Bertz CT molecular complexity index is 824. The molecular formula is C22H33BN2O5. The Hall–Kier alpha value is -2.06. The Kier molecular flexibility index (Phi) is 5.71. The lowest BCUT2D eigenvalue weighted by Gasteiger charge is -2.40. The number of nitrogens with zero attached hydrogens (tertiary/aromatic N) is 1. The third-order valence-corrected chi connectivity index (χ3v) is 5.92. The Balaban J connectivity index is 1.62. The number of carbonyl (C=O) groups excluding carboxylic acids is 2. The van der Waals surface area contributed by atoms with Gasteiger partial charge in [-0.05, 0) is 73.0 Å². The molecule has 0 spiro atoms. The lowest BCUT2D eigenvalue weighted by atomic mass is 9.75. The summed E-state index contributed by atoms with van der Waals surface area (Å²) in [5.41, 5.74) is 0.979. The summed E-state index contributed by atoms with van der Waals surface area (Å²) in [4.78, 5) is 26.4. The van der Waals surface area contributed by atoms with Gasteiger partial charge in [-0.1, -0.05) is 11.6 Å². The Morgan fingerprint density at radius 3 is 2.23 bits per heavy atom. The highest BCUT2D eigenvalue weighted by molar-refractivity contribution is 6.62. The van der Waals surface area contributed by atoms with E-state index in [1.807, 2.05) is 67.5 Å². The van der Waals surface area contributed by atoms with Crippen molar-refractivity contribution in [2.24, 2.45) is 0 Å². The first-order valence-electron chi connectivity index (χ1n) is 10.4. The largest absolute Gasteiger partial charge is 0.495 e. The van der Waals surface area contributed by atoms with E-state index in [9.17, 15) is 9.59 Å². The monoisotopic (exact) mass is 416 g/mol. The molecule has 0 aliphatic carbocycles. The van der Waals surface area contributed by atoms with Crippen molar-refractivity contribution in [2.45, 2.75) is 78.2 Å². The van der Waals surface area contributed by atoms with Crippen molar-refractivity contribution in [1.29, 1.82) is 0 Å². The molecule has 1 aromatic carbocycles. The zero-order valence-electron chi connectivity index (χ0n) is 19.3. The number of carbonyl (C=O) groups is 2. The van der Waals surface area contributed by atoms with E-state index >= 15 is 0 Å². The molecule has 2 fully saturated rings. The molecule has 2 amide bonds. The van der Waals surface area contributed by atoms with Gasteiger partial charge >= 0.3 is 13.2 Å². The van der Waals surface area contributed by atoms with Gasteiger partial charge in [0.25, 0.3) is 5.91 Å². The molecule has 2 aliphatic rings. The molecule has 0 aromatic heterocycles. The average Bonchev–Trinajstić information content (AvgIpc) is 2.76. The van der Waals surface area contributed by atoms with Gasteiger partial charge in [-0.25, -0.2) is 4.79 Å². The van der Waals surface area contributed by atoms with Crippen LogP contribution in [0.1, 0.15) is 64.4 Å². The summed E-state index contributed by atoms with van der Waals surface area (Å²) in [5.74, 6) is -0.179. The average molecular weight is 416 g/mol. The number of nitrogens with one attached hydrogen (secondary N) is 1. The second kappa shape index (κ2) is 7.57. The molecule has 0 radical (unpaired) electrons. The fourth-order valence-electron chi connectivity index (χ4n) is 3.32. The number of amides is 2. The van der Waals surface area contributed by atoms with Gasteiger partial charge < -0.3 is 24.3 Å². The van der Waals surface area contributed by atoms with Crippen molar-refractivity contribution >= 4 is 24.6 Å². The minimum atomic E-state index is -0.531. The molecule has 164 valence electrons. The molecule has 0 saturated carbocycles. The summed E-state index contributed by atoms with van der Waals surface area (Å²) in [5, 5.41) is 2.98. The number of ether oxygens (including phenoxy) is 1. The molecule has 0 atom stereocenters. The summed E-state index contributed by atoms with van der Waals surface area (Å²) in [6, 6.07) is 5.44. The van der Waals surface area contributed by atoms with Crippen LogP contribution in [0.2, 0.25) is 0 Å². The van der Waals surface area contributed by atoms with Crippen LogP contribution in [0, 0.1) is 6.92 Å². The highest BCUT2D eigenvalue weighted by Gasteiger charge is 2.52. The van der Waals surface area contributed by atoms with Crippen molar-refractivity contribution in [3.05, 3.63) is 29.3 Å². The molecule has 30 heavy (non-hydrogen) atoms. The standard InChI is InChI=1S/C22H33BN2O5/c1-14-9-10-15(11-17(14)23-29-21(5,6)22(7,8)30-23)18(26)24-16-12-25(13-16)19(27)28-20(2,3)4/h9-11,16H,12-13H2,1-8H3,(H,24,26).